The molecular formula is C16H17N3O4. The summed E-state index contributed by atoms with van der Waals surface area (Å²) in [5, 5.41) is 22.9. The molecule has 3 N–H and O–H groups in total. The Morgan fingerprint density at radius 2 is 2.13 bits per heavy atom. The molecule has 2 rings (SSSR count). The molecule has 0 aliphatic carbocycles. The Hall–Kier alpha value is -2.93. The van der Waals surface area contributed by atoms with E-state index < -0.39 is 5.91 Å². The number of nitrogens with one attached hydrogen (secondary N) is 1. The molecule has 0 spiro atoms. The molecule has 1 heterocycles. The number of nitrogens with zero attached hydrogens (tertiary/aromatic N) is 2. The highest BCUT2D eigenvalue weighted by Crippen LogP contribution is 2.21. The van der Waals surface area contributed by atoms with Crippen LogP contribution in [0, 0.1) is 6.92 Å². The maximum absolute atomic E-state index is 11.6. The van der Waals surface area contributed by atoms with E-state index in [-0.39, 0.29) is 19.0 Å². The van der Waals surface area contributed by atoms with Gasteiger partial charge in [0.2, 0.25) is 0 Å². The lowest BCUT2D eigenvalue weighted by Gasteiger charge is -2.07. The van der Waals surface area contributed by atoms with Crippen molar-refractivity contribution in [1.82, 2.24) is 10.4 Å². The molecule has 7 heteroatoms. The molecule has 0 fully saturated rings. The number of hydrogen-bond donors (Lipinski definition) is 3. The first kappa shape index (κ1) is 16.4. The topological polar surface area (TPSA) is 104 Å². The van der Waals surface area contributed by atoms with Gasteiger partial charge in [-0.3, -0.25) is 9.78 Å². The van der Waals surface area contributed by atoms with E-state index in [0.717, 1.165) is 0 Å². The average Bonchev–Trinajstić information content (AvgIpc) is 2.58. The predicted octanol–water partition coefficient (Wildman–Crippen LogP) is 1.12. The Morgan fingerprint density at radius 3 is 2.83 bits per heavy atom. The third-order valence-electron chi connectivity index (χ3n) is 3.02. The Labute approximate surface area is 133 Å². The molecule has 0 bridgehead atoms. The van der Waals surface area contributed by atoms with E-state index in [1.54, 1.807) is 31.2 Å². The van der Waals surface area contributed by atoms with Crippen molar-refractivity contribution in [2.45, 2.75) is 13.5 Å². The van der Waals surface area contributed by atoms with Gasteiger partial charge in [-0.05, 0) is 19.1 Å². The molecule has 2 aromatic rings. The van der Waals surface area contributed by atoms with Gasteiger partial charge in [0.05, 0.1) is 18.5 Å². The number of para-hydroxylation sites is 1. The number of aliphatic hydroxyl groups excluding tert-OH is 1. The van der Waals surface area contributed by atoms with E-state index in [0.29, 0.717) is 22.6 Å². The van der Waals surface area contributed by atoms with Gasteiger partial charge in [0, 0.05) is 17.3 Å². The van der Waals surface area contributed by atoms with E-state index in [4.69, 9.17) is 4.74 Å². The van der Waals surface area contributed by atoms with Crippen LogP contribution in [0.3, 0.4) is 0 Å². The minimum atomic E-state index is -0.444. The molecule has 1 aromatic heterocycles. The quantitative estimate of drug-likeness (QED) is 0.547. The predicted molar refractivity (Wildman–Crippen MR) is 84.2 cm³/mol. The number of hydrogen-bond acceptors (Lipinski definition) is 6. The van der Waals surface area contributed by atoms with E-state index in [9.17, 15) is 15.0 Å². The third kappa shape index (κ3) is 4.52. The van der Waals surface area contributed by atoms with Gasteiger partial charge in [0.1, 0.15) is 11.5 Å². The summed E-state index contributed by atoms with van der Waals surface area (Å²) in [6.45, 7) is 1.14. The number of aryl methyl sites for hydroxylation is 1. The summed E-state index contributed by atoms with van der Waals surface area (Å²) in [6, 6.07) is 8.93. The highest BCUT2D eigenvalue weighted by Gasteiger charge is 2.09. The molecular weight excluding hydrogens is 298 g/mol. The van der Waals surface area contributed by atoms with Crippen LogP contribution < -0.4 is 10.2 Å². The highest BCUT2D eigenvalue weighted by atomic mass is 16.5. The number of aliphatic hydroxyl groups is 1. The van der Waals surface area contributed by atoms with Crippen molar-refractivity contribution in [1.29, 1.82) is 0 Å². The van der Waals surface area contributed by atoms with Crippen LogP contribution in [-0.2, 0) is 11.4 Å². The molecule has 23 heavy (non-hydrogen) atoms. The lowest BCUT2D eigenvalue weighted by atomic mass is 10.1. The standard InChI is InChI=1S/C16H17N3O4/c1-11-16(22)14(12(9-20)7-17-11)8-18-19-15(21)10-23-13-5-3-2-4-6-13/h2-8,20,22H,9-10H2,1H3,(H,19,21)/b18-8+. The van der Waals surface area contributed by atoms with Gasteiger partial charge in [-0.1, -0.05) is 18.2 Å². The van der Waals surface area contributed by atoms with Gasteiger partial charge in [0.25, 0.3) is 5.91 Å². The first-order valence-electron chi connectivity index (χ1n) is 6.90. The molecule has 0 saturated heterocycles. The summed E-state index contributed by atoms with van der Waals surface area (Å²) in [6.07, 6.45) is 2.70. The zero-order valence-electron chi connectivity index (χ0n) is 12.6. The number of amides is 1. The number of rotatable bonds is 6. The van der Waals surface area contributed by atoms with Crippen LogP contribution in [0.2, 0.25) is 0 Å². The number of benzene rings is 1. The molecule has 0 saturated carbocycles. The van der Waals surface area contributed by atoms with E-state index in [1.165, 1.54) is 12.4 Å². The Morgan fingerprint density at radius 1 is 1.39 bits per heavy atom. The average molecular weight is 315 g/mol. The van der Waals surface area contributed by atoms with Crippen LogP contribution in [-0.4, -0.2) is 33.9 Å². The molecule has 0 atom stereocenters. The number of pyridine rings is 1. The van der Waals surface area contributed by atoms with Crippen molar-refractivity contribution >= 4 is 12.1 Å². The van der Waals surface area contributed by atoms with Gasteiger partial charge in [-0.2, -0.15) is 5.10 Å². The van der Waals surface area contributed by atoms with Crippen molar-refractivity contribution in [3.63, 3.8) is 0 Å². The van der Waals surface area contributed by atoms with Crippen molar-refractivity contribution in [3.05, 3.63) is 53.3 Å². The van der Waals surface area contributed by atoms with Gasteiger partial charge in [0.15, 0.2) is 6.61 Å². The van der Waals surface area contributed by atoms with Crippen LogP contribution in [0.15, 0.2) is 41.6 Å². The minimum Gasteiger partial charge on any atom is -0.505 e. The fourth-order valence-corrected chi connectivity index (χ4v) is 1.79. The number of hydrazone groups is 1. The minimum absolute atomic E-state index is 0.0879. The zero-order valence-corrected chi connectivity index (χ0v) is 12.6. The second kappa shape index (κ2) is 7.90. The Balaban J connectivity index is 1.94. The molecule has 7 nitrogen and oxygen atoms in total. The summed E-state index contributed by atoms with van der Waals surface area (Å²) in [5.41, 5.74) is 3.42. The SMILES string of the molecule is Cc1ncc(CO)c(/C=N/NC(=O)COc2ccccc2)c1O. The van der Waals surface area contributed by atoms with Crippen LogP contribution in [0.25, 0.3) is 0 Å². The number of carbonyl (C=O) groups excluding carboxylic acids is 1. The summed E-state index contributed by atoms with van der Waals surface area (Å²) in [5.74, 6) is 0.0487. The Bertz CT molecular complexity index is 702. The zero-order chi connectivity index (χ0) is 16.7. The van der Waals surface area contributed by atoms with Gasteiger partial charge >= 0.3 is 0 Å². The Kier molecular flexibility index (Phi) is 5.65. The van der Waals surface area contributed by atoms with Crippen molar-refractivity contribution in [2.75, 3.05) is 6.61 Å². The summed E-state index contributed by atoms with van der Waals surface area (Å²) >= 11 is 0. The number of carbonyl (C=O) groups is 1. The molecule has 0 aliphatic rings. The molecule has 0 unspecified atom stereocenters. The monoisotopic (exact) mass is 315 g/mol. The van der Waals surface area contributed by atoms with Gasteiger partial charge in [-0.25, -0.2) is 5.43 Å². The lowest BCUT2D eigenvalue weighted by Crippen LogP contribution is -2.24. The lowest BCUT2D eigenvalue weighted by molar-refractivity contribution is -0.123. The first-order chi connectivity index (χ1) is 11.1. The number of aromatic hydroxyl groups is 1. The van der Waals surface area contributed by atoms with Crippen molar-refractivity contribution in [3.8, 4) is 11.5 Å². The van der Waals surface area contributed by atoms with Gasteiger partial charge in [-0.15, -0.1) is 0 Å². The molecule has 1 amide bonds. The smallest absolute Gasteiger partial charge is 0.277 e. The third-order valence-corrected chi connectivity index (χ3v) is 3.02. The molecule has 0 radical (unpaired) electrons. The fourth-order valence-electron chi connectivity index (χ4n) is 1.79. The van der Waals surface area contributed by atoms with E-state index in [2.05, 4.69) is 15.5 Å². The van der Waals surface area contributed by atoms with E-state index in [1.807, 2.05) is 6.07 Å². The maximum Gasteiger partial charge on any atom is 0.277 e. The van der Waals surface area contributed by atoms with Gasteiger partial charge < -0.3 is 14.9 Å². The fraction of sp³-hybridized carbons (Fsp3) is 0.188. The number of aromatic nitrogens is 1. The second-order valence-corrected chi connectivity index (χ2v) is 4.68. The van der Waals surface area contributed by atoms with Crippen LogP contribution >= 0.6 is 0 Å². The summed E-state index contributed by atoms with van der Waals surface area (Å²) in [4.78, 5) is 15.6. The van der Waals surface area contributed by atoms with Crippen molar-refractivity contribution < 1.29 is 19.7 Å². The van der Waals surface area contributed by atoms with Crippen LogP contribution in [0.5, 0.6) is 11.5 Å². The summed E-state index contributed by atoms with van der Waals surface area (Å²) < 4.78 is 5.27. The maximum atomic E-state index is 11.6. The largest absolute Gasteiger partial charge is 0.505 e. The highest BCUT2D eigenvalue weighted by molar-refractivity contribution is 5.87. The number of ether oxygens (including phenoxy) is 1. The molecule has 0 aliphatic heterocycles. The molecule has 120 valence electrons. The second-order valence-electron chi connectivity index (χ2n) is 4.68. The van der Waals surface area contributed by atoms with Crippen LogP contribution in [0.4, 0.5) is 0 Å². The summed E-state index contributed by atoms with van der Waals surface area (Å²) in [7, 11) is 0. The first-order valence-corrected chi connectivity index (χ1v) is 6.90. The normalized spacial score (nSPS) is 10.7. The van der Waals surface area contributed by atoms with Crippen molar-refractivity contribution in [2.24, 2.45) is 5.10 Å². The molecule has 1 aromatic carbocycles. The van der Waals surface area contributed by atoms with Crippen LogP contribution in [0.1, 0.15) is 16.8 Å². The van der Waals surface area contributed by atoms with E-state index >= 15 is 0 Å².